The van der Waals surface area contributed by atoms with Crippen LogP contribution in [-0.2, 0) is 15.5 Å². The molecule has 2 atom stereocenters. The van der Waals surface area contributed by atoms with Crippen molar-refractivity contribution in [2.75, 3.05) is 19.5 Å². The third kappa shape index (κ3) is 2.48. The number of nitrogens with zero attached hydrogens (tertiary/aromatic N) is 1. The Bertz CT molecular complexity index is 553. The van der Waals surface area contributed by atoms with E-state index in [0.717, 1.165) is 0 Å². The molecule has 2 unspecified atom stereocenters. The maximum absolute atomic E-state index is 12.0. The van der Waals surface area contributed by atoms with Crippen molar-refractivity contribution >= 4 is 27.6 Å². The Morgan fingerprint density at radius 1 is 1.59 bits per heavy atom. The Labute approximate surface area is 101 Å². The van der Waals surface area contributed by atoms with Gasteiger partial charge in [0.25, 0.3) is 5.22 Å². The molecule has 0 spiro atoms. The average molecular weight is 254 g/mol. The predicted octanol–water partition coefficient (Wildman–Crippen LogP) is 1.55. The van der Waals surface area contributed by atoms with Crippen LogP contribution in [0.5, 0.6) is 0 Å². The van der Waals surface area contributed by atoms with Crippen LogP contribution in [0.15, 0.2) is 27.8 Å². The highest BCUT2D eigenvalue weighted by Crippen LogP contribution is 2.21. The summed E-state index contributed by atoms with van der Waals surface area (Å²) < 4.78 is 22.4. The molecule has 6 heteroatoms. The van der Waals surface area contributed by atoms with E-state index in [1.165, 1.54) is 0 Å². The molecular weight excluding hydrogens is 240 g/mol. The average Bonchev–Trinajstić information content (AvgIpc) is 2.71. The van der Waals surface area contributed by atoms with Crippen LogP contribution >= 0.6 is 0 Å². The number of methoxy groups -OCH3 is 1. The molecule has 1 aromatic carbocycles. The Hall–Kier alpha value is -1.40. The van der Waals surface area contributed by atoms with Crippen LogP contribution in [0.2, 0.25) is 0 Å². The lowest BCUT2D eigenvalue weighted by molar-refractivity contribution is 0.201. The molecule has 0 bridgehead atoms. The highest BCUT2D eigenvalue weighted by atomic mass is 32.2. The van der Waals surface area contributed by atoms with Crippen LogP contribution in [0.3, 0.4) is 0 Å². The second kappa shape index (κ2) is 4.85. The fraction of sp³-hybridized carbons (Fsp3) is 0.364. The van der Waals surface area contributed by atoms with E-state index < -0.39 is 10.8 Å². The van der Waals surface area contributed by atoms with Crippen LogP contribution in [0.1, 0.15) is 6.92 Å². The molecule has 0 aliphatic rings. The molecule has 2 rings (SSSR count). The number of hydrogen-bond acceptors (Lipinski definition) is 5. The van der Waals surface area contributed by atoms with Gasteiger partial charge in [0, 0.05) is 12.8 Å². The molecule has 0 fully saturated rings. The molecule has 17 heavy (non-hydrogen) atoms. The van der Waals surface area contributed by atoms with Crippen LogP contribution in [0.4, 0.5) is 5.69 Å². The lowest BCUT2D eigenvalue weighted by atomic mass is 10.3. The minimum atomic E-state index is -1.31. The molecule has 1 heterocycles. The number of anilines is 1. The third-order valence-corrected chi connectivity index (χ3v) is 3.72. The monoisotopic (exact) mass is 254 g/mol. The number of benzene rings is 1. The summed E-state index contributed by atoms with van der Waals surface area (Å²) in [5.41, 5.74) is 7.46. The molecule has 0 saturated heterocycles. The normalized spacial score (nSPS) is 14.9. The van der Waals surface area contributed by atoms with Crippen LogP contribution < -0.4 is 5.73 Å². The van der Waals surface area contributed by atoms with E-state index in [4.69, 9.17) is 14.9 Å². The maximum Gasteiger partial charge on any atom is 0.288 e. The SMILES string of the molecule is COCC(C)S(=O)c1nc2cc(N)ccc2o1. The Morgan fingerprint density at radius 2 is 2.35 bits per heavy atom. The highest BCUT2D eigenvalue weighted by molar-refractivity contribution is 7.85. The third-order valence-electron chi connectivity index (χ3n) is 2.33. The van der Waals surface area contributed by atoms with Gasteiger partial charge in [0.2, 0.25) is 0 Å². The first-order valence-electron chi connectivity index (χ1n) is 5.17. The summed E-state index contributed by atoms with van der Waals surface area (Å²) >= 11 is 0. The maximum atomic E-state index is 12.0. The molecule has 0 saturated carbocycles. The standard InChI is InChI=1S/C11H14N2O3S/c1-7(6-15-2)17(14)11-13-9-5-8(12)3-4-10(9)16-11/h3-5,7H,6,12H2,1-2H3. The summed E-state index contributed by atoms with van der Waals surface area (Å²) in [6, 6.07) is 5.14. The zero-order chi connectivity index (χ0) is 12.4. The lowest BCUT2D eigenvalue weighted by Crippen LogP contribution is -2.17. The highest BCUT2D eigenvalue weighted by Gasteiger charge is 2.19. The summed E-state index contributed by atoms with van der Waals surface area (Å²) in [6.45, 7) is 2.22. The number of aromatic nitrogens is 1. The quantitative estimate of drug-likeness (QED) is 0.837. The predicted molar refractivity (Wildman–Crippen MR) is 66.2 cm³/mol. The number of hydrogen-bond donors (Lipinski definition) is 1. The Morgan fingerprint density at radius 3 is 3.06 bits per heavy atom. The van der Waals surface area contributed by atoms with E-state index in [9.17, 15) is 4.21 Å². The van der Waals surface area contributed by atoms with E-state index in [1.807, 2.05) is 6.92 Å². The van der Waals surface area contributed by atoms with E-state index in [-0.39, 0.29) is 10.5 Å². The fourth-order valence-corrected chi connectivity index (χ4v) is 2.44. The topological polar surface area (TPSA) is 78.3 Å². The lowest BCUT2D eigenvalue weighted by Gasteiger charge is -2.05. The number of rotatable bonds is 4. The van der Waals surface area contributed by atoms with Crippen molar-refractivity contribution < 1.29 is 13.4 Å². The van der Waals surface area contributed by atoms with E-state index in [1.54, 1.807) is 25.3 Å². The van der Waals surface area contributed by atoms with Gasteiger partial charge in [0.1, 0.15) is 16.3 Å². The molecule has 5 nitrogen and oxygen atoms in total. The van der Waals surface area contributed by atoms with Gasteiger partial charge in [-0.1, -0.05) is 0 Å². The minimum Gasteiger partial charge on any atom is -0.430 e. The zero-order valence-corrected chi connectivity index (χ0v) is 10.5. The summed E-state index contributed by atoms with van der Waals surface area (Å²) in [4.78, 5) is 4.17. The second-order valence-corrected chi connectivity index (χ2v) is 5.52. The van der Waals surface area contributed by atoms with Crippen molar-refractivity contribution in [1.82, 2.24) is 4.98 Å². The van der Waals surface area contributed by atoms with Gasteiger partial charge >= 0.3 is 0 Å². The molecular formula is C11H14N2O3S. The van der Waals surface area contributed by atoms with Gasteiger partial charge in [0.15, 0.2) is 5.58 Å². The Kier molecular flexibility index (Phi) is 3.44. The van der Waals surface area contributed by atoms with Crippen molar-refractivity contribution in [3.05, 3.63) is 18.2 Å². The molecule has 1 aromatic heterocycles. The van der Waals surface area contributed by atoms with Crippen molar-refractivity contribution in [2.45, 2.75) is 17.4 Å². The van der Waals surface area contributed by atoms with E-state index in [0.29, 0.717) is 23.4 Å². The molecule has 0 amide bonds. The number of oxazole rings is 1. The summed E-state index contributed by atoms with van der Waals surface area (Å²) in [5.74, 6) is 0. The first-order valence-corrected chi connectivity index (χ1v) is 6.38. The van der Waals surface area contributed by atoms with Gasteiger partial charge in [-0.2, -0.15) is 0 Å². The fourth-order valence-electron chi connectivity index (χ4n) is 1.48. The number of nitrogens with two attached hydrogens (primary N) is 1. The number of ether oxygens (including phenoxy) is 1. The number of nitrogen functional groups attached to an aromatic ring is 1. The van der Waals surface area contributed by atoms with Crippen molar-refractivity contribution in [2.24, 2.45) is 0 Å². The van der Waals surface area contributed by atoms with Gasteiger partial charge in [-0.25, -0.2) is 9.19 Å². The van der Waals surface area contributed by atoms with Crippen molar-refractivity contribution in [1.29, 1.82) is 0 Å². The largest absolute Gasteiger partial charge is 0.430 e. The first-order chi connectivity index (χ1) is 8.11. The van der Waals surface area contributed by atoms with Crippen LogP contribution in [0.25, 0.3) is 11.1 Å². The minimum absolute atomic E-state index is 0.162. The van der Waals surface area contributed by atoms with Gasteiger partial charge in [-0.3, -0.25) is 0 Å². The second-order valence-electron chi connectivity index (χ2n) is 3.77. The van der Waals surface area contributed by atoms with Crippen LogP contribution in [0, 0.1) is 0 Å². The zero-order valence-electron chi connectivity index (χ0n) is 9.67. The first kappa shape index (κ1) is 12.1. The van der Waals surface area contributed by atoms with Crippen molar-refractivity contribution in [3.63, 3.8) is 0 Å². The van der Waals surface area contributed by atoms with E-state index in [2.05, 4.69) is 4.98 Å². The molecule has 2 N–H and O–H groups in total. The van der Waals surface area contributed by atoms with Gasteiger partial charge in [-0.05, 0) is 25.1 Å². The molecule has 0 radical (unpaired) electrons. The van der Waals surface area contributed by atoms with Gasteiger partial charge in [0.05, 0.1) is 11.9 Å². The number of fused-ring (bicyclic) bond motifs is 1. The van der Waals surface area contributed by atoms with Gasteiger partial charge < -0.3 is 14.9 Å². The summed E-state index contributed by atoms with van der Waals surface area (Å²) in [6.07, 6.45) is 0. The molecule has 2 aromatic rings. The molecule has 0 aliphatic heterocycles. The summed E-state index contributed by atoms with van der Waals surface area (Å²) in [5, 5.41) is 0.0561. The summed E-state index contributed by atoms with van der Waals surface area (Å²) in [7, 11) is 0.259. The molecule has 0 aliphatic carbocycles. The van der Waals surface area contributed by atoms with Gasteiger partial charge in [-0.15, -0.1) is 0 Å². The molecule has 92 valence electrons. The van der Waals surface area contributed by atoms with Crippen molar-refractivity contribution in [3.8, 4) is 0 Å². The van der Waals surface area contributed by atoms with Crippen LogP contribution in [-0.4, -0.2) is 28.2 Å². The smallest absolute Gasteiger partial charge is 0.288 e. The Balaban J connectivity index is 2.33. The van der Waals surface area contributed by atoms with E-state index >= 15 is 0 Å².